The van der Waals surface area contributed by atoms with Gasteiger partial charge in [0, 0.05) is 12.2 Å². The number of ether oxygens (including phenoxy) is 1. The number of hydrogen-bond acceptors (Lipinski definition) is 3. The maximum atomic E-state index is 5.11. The third-order valence-corrected chi connectivity index (χ3v) is 2.18. The largest absolute Gasteiger partial charge is 0.487 e. The van der Waals surface area contributed by atoms with Crippen molar-refractivity contribution in [3.05, 3.63) is 0 Å². The predicted octanol–water partition coefficient (Wildman–Crippen LogP) is 2.49. The van der Waals surface area contributed by atoms with Crippen molar-refractivity contribution in [1.29, 1.82) is 0 Å². The highest BCUT2D eigenvalue weighted by Gasteiger charge is 1.94. The van der Waals surface area contributed by atoms with Crippen LogP contribution in [0.25, 0.3) is 0 Å². The molecule has 60 valence electrons. The van der Waals surface area contributed by atoms with Gasteiger partial charge in [-0.15, -0.1) is 0 Å². The molecule has 0 aliphatic rings. The Bertz CT molecular complexity index is 93.6. The highest BCUT2D eigenvalue weighted by Crippen LogP contribution is 2.02. The van der Waals surface area contributed by atoms with Crippen molar-refractivity contribution < 1.29 is 4.74 Å². The lowest BCUT2D eigenvalue weighted by atomic mass is 10.5. The molecule has 0 unspecified atom stereocenters. The lowest BCUT2D eigenvalue weighted by Gasteiger charge is -2.02. The van der Waals surface area contributed by atoms with E-state index in [4.69, 9.17) is 17.0 Å². The molecule has 0 amide bonds. The molecule has 0 radical (unpaired) electrons. The fraction of sp³-hybridized carbons (Fsp3) is 0.857. The number of thioether (sulfide) groups is 1. The van der Waals surface area contributed by atoms with Crippen LogP contribution in [-0.2, 0) is 4.74 Å². The Balaban J connectivity index is 3.05. The van der Waals surface area contributed by atoms with Gasteiger partial charge >= 0.3 is 0 Å². The maximum Gasteiger partial charge on any atom is 0.160 e. The zero-order chi connectivity index (χ0) is 7.82. The molecule has 0 fully saturated rings. The van der Waals surface area contributed by atoms with Crippen LogP contribution in [0.2, 0.25) is 0 Å². The van der Waals surface area contributed by atoms with E-state index < -0.39 is 0 Å². The standard InChI is InChI=1S/C7H14OS2/c1-3-8-7(9)5-6-10-4-2/h3-6H2,1-2H3. The molecule has 0 saturated heterocycles. The van der Waals surface area contributed by atoms with Gasteiger partial charge in [-0.05, 0) is 24.9 Å². The molecular weight excluding hydrogens is 164 g/mol. The molecule has 10 heavy (non-hydrogen) atoms. The third-order valence-electron chi connectivity index (χ3n) is 0.960. The molecule has 1 nitrogen and oxygen atoms in total. The molecule has 0 aromatic rings. The highest BCUT2D eigenvalue weighted by molar-refractivity contribution is 7.99. The fourth-order valence-electron chi connectivity index (χ4n) is 0.533. The van der Waals surface area contributed by atoms with Crippen LogP contribution in [0.15, 0.2) is 0 Å². The SMILES string of the molecule is CCOC(=S)CCSCC. The molecular formula is C7H14OS2. The highest BCUT2D eigenvalue weighted by atomic mass is 32.2. The van der Waals surface area contributed by atoms with E-state index in [1.54, 1.807) is 0 Å². The van der Waals surface area contributed by atoms with Gasteiger partial charge in [-0.25, -0.2) is 0 Å². The fourth-order valence-corrected chi connectivity index (χ4v) is 1.50. The summed E-state index contributed by atoms with van der Waals surface area (Å²) in [5, 5.41) is 0.753. The monoisotopic (exact) mass is 178 g/mol. The summed E-state index contributed by atoms with van der Waals surface area (Å²) in [5.74, 6) is 2.25. The van der Waals surface area contributed by atoms with Crippen molar-refractivity contribution in [2.45, 2.75) is 20.3 Å². The van der Waals surface area contributed by atoms with E-state index in [2.05, 4.69) is 6.92 Å². The topological polar surface area (TPSA) is 9.23 Å². The van der Waals surface area contributed by atoms with Gasteiger partial charge in [0.2, 0.25) is 0 Å². The lowest BCUT2D eigenvalue weighted by Crippen LogP contribution is -2.02. The van der Waals surface area contributed by atoms with Crippen molar-refractivity contribution in [3.8, 4) is 0 Å². The van der Waals surface area contributed by atoms with Gasteiger partial charge in [0.15, 0.2) is 5.05 Å². The Labute approximate surface area is 72.5 Å². The summed E-state index contributed by atoms with van der Waals surface area (Å²) in [6, 6.07) is 0. The minimum atomic E-state index is 0.704. The smallest absolute Gasteiger partial charge is 0.160 e. The van der Waals surface area contributed by atoms with Crippen LogP contribution in [0.4, 0.5) is 0 Å². The second-order valence-corrected chi connectivity index (χ2v) is 3.60. The first-order chi connectivity index (χ1) is 4.81. The van der Waals surface area contributed by atoms with Gasteiger partial charge in [0.25, 0.3) is 0 Å². The predicted molar refractivity (Wildman–Crippen MR) is 51.8 cm³/mol. The summed E-state index contributed by atoms with van der Waals surface area (Å²) < 4.78 is 5.11. The Morgan fingerprint density at radius 3 is 2.70 bits per heavy atom. The molecule has 0 rings (SSSR count). The zero-order valence-corrected chi connectivity index (χ0v) is 8.19. The van der Waals surface area contributed by atoms with E-state index in [0.717, 1.165) is 23.0 Å². The molecule has 0 atom stereocenters. The summed E-state index contributed by atoms with van der Waals surface area (Å²) in [4.78, 5) is 0. The minimum absolute atomic E-state index is 0.704. The Morgan fingerprint density at radius 2 is 2.20 bits per heavy atom. The molecule has 0 heterocycles. The third kappa shape index (κ3) is 6.36. The minimum Gasteiger partial charge on any atom is -0.487 e. The van der Waals surface area contributed by atoms with E-state index in [1.807, 2.05) is 18.7 Å². The van der Waals surface area contributed by atoms with Crippen LogP contribution in [0, 0.1) is 0 Å². The van der Waals surface area contributed by atoms with E-state index in [-0.39, 0.29) is 0 Å². The summed E-state index contributed by atoms with van der Waals surface area (Å²) in [5.41, 5.74) is 0. The quantitative estimate of drug-likeness (QED) is 0.473. The second kappa shape index (κ2) is 7.35. The second-order valence-electron chi connectivity index (χ2n) is 1.75. The average molecular weight is 178 g/mol. The maximum absolute atomic E-state index is 5.11. The first kappa shape index (κ1) is 10.2. The first-order valence-corrected chi connectivity index (χ1v) is 5.10. The summed E-state index contributed by atoms with van der Waals surface area (Å²) in [7, 11) is 0. The summed E-state index contributed by atoms with van der Waals surface area (Å²) >= 11 is 6.83. The van der Waals surface area contributed by atoms with E-state index in [0.29, 0.717) is 6.61 Å². The average Bonchev–Trinajstić information content (AvgIpc) is 1.89. The molecule has 0 aromatic carbocycles. The lowest BCUT2D eigenvalue weighted by molar-refractivity contribution is 0.329. The van der Waals surface area contributed by atoms with Crippen LogP contribution in [0.1, 0.15) is 20.3 Å². The van der Waals surface area contributed by atoms with Crippen molar-refractivity contribution in [3.63, 3.8) is 0 Å². The molecule has 0 N–H and O–H groups in total. The van der Waals surface area contributed by atoms with Gasteiger partial charge in [0.1, 0.15) is 0 Å². The van der Waals surface area contributed by atoms with Crippen LogP contribution in [0.3, 0.4) is 0 Å². The molecule has 0 aromatic heterocycles. The van der Waals surface area contributed by atoms with E-state index in [9.17, 15) is 0 Å². The molecule has 0 spiro atoms. The zero-order valence-electron chi connectivity index (χ0n) is 6.55. The van der Waals surface area contributed by atoms with Crippen molar-refractivity contribution >= 4 is 29.0 Å². The molecule has 0 aliphatic heterocycles. The van der Waals surface area contributed by atoms with Crippen molar-refractivity contribution in [2.24, 2.45) is 0 Å². The Hall–Kier alpha value is 0.240. The molecule has 0 bridgehead atoms. The van der Waals surface area contributed by atoms with Crippen molar-refractivity contribution in [2.75, 3.05) is 18.1 Å². The van der Waals surface area contributed by atoms with Gasteiger partial charge < -0.3 is 4.74 Å². The number of thiocarbonyl (C=S) groups is 1. The first-order valence-electron chi connectivity index (χ1n) is 3.54. The number of rotatable bonds is 5. The molecule has 0 aliphatic carbocycles. The van der Waals surface area contributed by atoms with Gasteiger partial charge in [-0.2, -0.15) is 11.8 Å². The van der Waals surface area contributed by atoms with Gasteiger partial charge in [0.05, 0.1) is 6.61 Å². The Kier molecular flexibility index (Phi) is 7.52. The molecule has 3 heteroatoms. The van der Waals surface area contributed by atoms with Crippen LogP contribution in [0.5, 0.6) is 0 Å². The van der Waals surface area contributed by atoms with E-state index >= 15 is 0 Å². The number of hydrogen-bond donors (Lipinski definition) is 0. The van der Waals surface area contributed by atoms with Gasteiger partial charge in [-0.1, -0.05) is 6.92 Å². The summed E-state index contributed by atoms with van der Waals surface area (Å²) in [6.07, 6.45) is 0.918. The van der Waals surface area contributed by atoms with Crippen molar-refractivity contribution in [1.82, 2.24) is 0 Å². The van der Waals surface area contributed by atoms with Crippen LogP contribution in [-0.4, -0.2) is 23.2 Å². The molecule has 0 saturated carbocycles. The Morgan fingerprint density at radius 1 is 1.50 bits per heavy atom. The summed E-state index contributed by atoms with van der Waals surface area (Å²) in [6.45, 7) is 4.81. The van der Waals surface area contributed by atoms with Crippen LogP contribution >= 0.6 is 24.0 Å². The van der Waals surface area contributed by atoms with Gasteiger partial charge in [-0.3, -0.25) is 0 Å². The van der Waals surface area contributed by atoms with E-state index in [1.165, 1.54) is 0 Å². The van der Waals surface area contributed by atoms with Crippen LogP contribution < -0.4 is 0 Å². The normalized spacial score (nSPS) is 9.40.